The largest absolute Gasteiger partial charge is 0.467 e. The van der Waals surface area contributed by atoms with Crippen LogP contribution in [0.15, 0.2) is 36.4 Å². The van der Waals surface area contributed by atoms with E-state index >= 15 is 0 Å². The lowest BCUT2D eigenvalue weighted by molar-refractivity contribution is -0.140. The summed E-state index contributed by atoms with van der Waals surface area (Å²) in [7, 11) is 0. The second-order valence-electron chi connectivity index (χ2n) is 14.6. The van der Waals surface area contributed by atoms with Crippen molar-refractivity contribution in [3.05, 3.63) is 42.1 Å². The van der Waals surface area contributed by atoms with Gasteiger partial charge in [-0.1, -0.05) is 39.0 Å². The standard InChI is InChI=1S/C37H52N8O8/c1-5-52-36(51)43-21-19-42(20-22-43)34(49)27(16-17-38-35(50)37(2,3)4)40-32(47)28-23-31(45(41-28)26-13-7-6-8-14-26)53-24-30(46)44-18-10-15-29(44)33(48)39-25-11-9-12-25/h6-8,13-14,23,25,27,29H,5,9-12,15-22,24H2,1-4H3,(H,38,50)(H,39,48)(H,40,47)/t27-,29-/m0/s1. The highest BCUT2D eigenvalue weighted by Gasteiger charge is 2.36. The number of hydrogen-bond acceptors (Lipinski definition) is 9. The smallest absolute Gasteiger partial charge is 0.409 e. The van der Waals surface area contributed by atoms with Crippen molar-refractivity contribution >= 4 is 35.6 Å². The Hall–Kier alpha value is -5.15. The molecule has 1 saturated carbocycles. The average molecular weight is 737 g/mol. The maximum absolute atomic E-state index is 13.8. The number of piperazine rings is 1. The summed E-state index contributed by atoms with van der Waals surface area (Å²) in [6.07, 6.45) is 3.94. The van der Waals surface area contributed by atoms with Gasteiger partial charge in [-0.25, -0.2) is 9.48 Å². The fourth-order valence-corrected chi connectivity index (χ4v) is 6.37. The van der Waals surface area contributed by atoms with Gasteiger partial charge in [0, 0.05) is 56.8 Å². The highest BCUT2D eigenvalue weighted by molar-refractivity contribution is 5.96. The monoisotopic (exact) mass is 736 g/mol. The average Bonchev–Trinajstić information content (AvgIpc) is 3.80. The van der Waals surface area contributed by atoms with Crippen LogP contribution in [0, 0.1) is 5.41 Å². The van der Waals surface area contributed by atoms with Gasteiger partial charge in [0.25, 0.3) is 11.8 Å². The van der Waals surface area contributed by atoms with E-state index in [-0.39, 0.29) is 93.6 Å². The minimum absolute atomic E-state index is 0.0566. The van der Waals surface area contributed by atoms with E-state index in [4.69, 9.17) is 9.47 Å². The summed E-state index contributed by atoms with van der Waals surface area (Å²) < 4.78 is 12.5. The van der Waals surface area contributed by atoms with Gasteiger partial charge >= 0.3 is 6.09 Å². The first kappa shape index (κ1) is 39.1. The molecule has 2 aromatic rings. The van der Waals surface area contributed by atoms with Crippen LogP contribution >= 0.6 is 0 Å². The summed E-state index contributed by atoms with van der Waals surface area (Å²) in [5.41, 5.74) is -0.129. The van der Waals surface area contributed by atoms with Gasteiger partial charge in [-0.3, -0.25) is 24.0 Å². The number of likely N-dealkylation sites (tertiary alicyclic amines) is 1. The fourth-order valence-electron chi connectivity index (χ4n) is 6.37. The second-order valence-corrected chi connectivity index (χ2v) is 14.6. The Morgan fingerprint density at radius 3 is 2.26 bits per heavy atom. The van der Waals surface area contributed by atoms with Gasteiger partial charge in [0.2, 0.25) is 23.6 Å². The summed E-state index contributed by atoms with van der Waals surface area (Å²) in [6, 6.07) is 8.95. The highest BCUT2D eigenvalue weighted by Crippen LogP contribution is 2.24. The summed E-state index contributed by atoms with van der Waals surface area (Å²) in [6.45, 7) is 8.54. The molecule has 16 heteroatoms. The fraction of sp³-hybridized carbons (Fsp3) is 0.595. The van der Waals surface area contributed by atoms with Gasteiger partial charge in [0.15, 0.2) is 12.3 Å². The molecule has 3 fully saturated rings. The number of hydrogen-bond donors (Lipinski definition) is 3. The molecule has 3 heterocycles. The number of carbonyl (C=O) groups excluding carboxylic acids is 6. The van der Waals surface area contributed by atoms with Gasteiger partial charge in [-0.05, 0) is 57.6 Å². The van der Waals surface area contributed by atoms with Crippen LogP contribution in [0.4, 0.5) is 4.79 Å². The number of aromatic nitrogens is 2. The molecule has 3 aliphatic rings. The normalized spacial score (nSPS) is 18.1. The Morgan fingerprint density at radius 2 is 1.62 bits per heavy atom. The van der Waals surface area contributed by atoms with Crippen molar-refractivity contribution < 1.29 is 38.2 Å². The summed E-state index contributed by atoms with van der Waals surface area (Å²) in [5.74, 6) is -1.59. The zero-order valence-electron chi connectivity index (χ0n) is 31.1. The number of para-hydroxylation sites is 1. The molecule has 1 aliphatic carbocycles. The van der Waals surface area contributed by atoms with Crippen LogP contribution in [0.5, 0.6) is 5.88 Å². The Balaban J connectivity index is 1.29. The van der Waals surface area contributed by atoms with Crippen molar-refractivity contribution in [3.8, 4) is 11.6 Å². The highest BCUT2D eigenvalue weighted by atomic mass is 16.6. The van der Waals surface area contributed by atoms with E-state index < -0.39 is 29.5 Å². The van der Waals surface area contributed by atoms with Crippen LogP contribution in [0.2, 0.25) is 0 Å². The maximum Gasteiger partial charge on any atom is 0.409 e. The lowest BCUT2D eigenvalue weighted by Gasteiger charge is -2.36. The third-order valence-corrected chi connectivity index (χ3v) is 9.70. The number of nitrogens with zero attached hydrogens (tertiary/aromatic N) is 5. The first-order valence-electron chi connectivity index (χ1n) is 18.5. The zero-order chi connectivity index (χ0) is 38.1. The van der Waals surface area contributed by atoms with E-state index in [1.165, 1.54) is 15.6 Å². The predicted octanol–water partition coefficient (Wildman–Crippen LogP) is 1.86. The second kappa shape index (κ2) is 17.6. The van der Waals surface area contributed by atoms with E-state index in [0.717, 1.165) is 19.3 Å². The van der Waals surface area contributed by atoms with Gasteiger partial charge < -0.3 is 40.1 Å². The number of benzene rings is 1. The van der Waals surface area contributed by atoms with Crippen molar-refractivity contribution in [1.82, 2.24) is 40.4 Å². The minimum atomic E-state index is -1.03. The van der Waals surface area contributed by atoms with Crippen LogP contribution in [0.25, 0.3) is 5.69 Å². The van der Waals surface area contributed by atoms with Crippen molar-refractivity contribution in [1.29, 1.82) is 0 Å². The summed E-state index contributed by atoms with van der Waals surface area (Å²) in [5, 5.41) is 13.2. The third-order valence-electron chi connectivity index (χ3n) is 9.70. The maximum atomic E-state index is 13.8. The van der Waals surface area contributed by atoms with Gasteiger partial charge in [-0.15, -0.1) is 0 Å². The minimum Gasteiger partial charge on any atom is -0.467 e. The number of nitrogens with one attached hydrogen (secondary N) is 3. The quantitative estimate of drug-likeness (QED) is 0.276. The van der Waals surface area contributed by atoms with Crippen molar-refractivity contribution in [3.63, 3.8) is 0 Å². The molecule has 2 atom stereocenters. The van der Waals surface area contributed by atoms with E-state index in [9.17, 15) is 28.8 Å². The van der Waals surface area contributed by atoms with Crippen LogP contribution in [0.1, 0.15) is 76.7 Å². The van der Waals surface area contributed by atoms with E-state index in [1.54, 1.807) is 61.8 Å². The molecule has 1 aromatic heterocycles. The Labute approximate surface area is 309 Å². The molecule has 5 rings (SSSR count). The number of ether oxygens (including phenoxy) is 2. The van der Waals surface area contributed by atoms with E-state index in [0.29, 0.717) is 25.1 Å². The van der Waals surface area contributed by atoms with Gasteiger partial charge in [0.1, 0.15) is 12.1 Å². The molecule has 53 heavy (non-hydrogen) atoms. The number of carbonyl (C=O) groups is 6. The predicted molar refractivity (Wildman–Crippen MR) is 193 cm³/mol. The molecule has 2 aliphatic heterocycles. The van der Waals surface area contributed by atoms with Crippen LogP contribution in [-0.2, 0) is 23.9 Å². The molecule has 0 bridgehead atoms. The number of rotatable bonds is 13. The molecule has 1 aromatic carbocycles. The first-order valence-corrected chi connectivity index (χ1v) is 18.5. The molecule has 0 spiro atoms. The van der Waals surface area contributed by atoms with Crippen LogP contribution in [-0.4, -0.2) is 131 Å². The molecule has 3 N–H and O–H groups in total. The molecule has 6 amide bonds. The third kappa shape index (κ3) is 10.0. The zero-order valence-corrected chi connectivity index (χ0v) is 31.1. The molecular formula is C37H52N8O8. The van der Waals surface area contributed by atoms with Crippen molar-refractivity contribution in [2.24, 2.45) is 5.41 Å². The molecule has 288 valence electrons. The Kier molecular flexibility index (Phi) is 13.0. The van der Waals surface area contributed by atoms with E-state index in [2.05, 4.69) is 21.0 Å². The molecule has 2 saturated heterocycles. The summed E-state index contributed by atoms with van der Waals surface area (Å²) in [4.78, 5) is 83.4. The Bertz CT molecular complexity index is 1630. The van der Waals surface area contributed by atoms with Gasteiger partial charge in [-0.2, -0.15) is 5.10 Å². The molecular weight excluding hydrogens is 684 g/mol. The van der Waals surface area contributed by atoms with Crippen molar-refractivity contribution in [2.75, 3.05) is 52.5 Å². The Morgan fingerprint density at radius 1 is 0.925 bits per heavy atom. The van der Waals surface area contributed by atoms with E-state index in [1.807, 2.05) is 6.07 Å². The van der Waals surface area contributed by atoms with Crippen LogP contribution < -0.4 is 20.7 Å². The molecule has 0 radical (unpaired) electrons. The topological polar surface area (TPSA) is 185 Å². The summed E-state index contributed by atoms with van der Waals surface area (Å²) >= 11 is 0. The van der Waals surface area contributed by atoms with Crippen LogP contribution in [0.3, 0.4) is 0 Å². The molecule has 0 unspecified atom stereocenters. The SMILES string of the molecule is CCOC(=O)N1CCN(C(=O)[C@H](CCNC(=O)C(C)(C)C)NC(=O)c2cc(OCC(=O)N3CCC[C@H]3C(=O)NC3CCC3)n(-c3ccccc3)n2)CC1. The first-order chi connectivity index (χ1) is 25.3. The molecule has 16 nitrogen and oxygen atoms in total. The lowest BCUT2D eigenvalue weighted by atomic mass is 9.93. The van der Waals surface area contributed by atoms with Crippen molar-refractivity contribution in [2.45, 2.75) is 84.3 Å². The number of amides is 6. The van der Waals surface area contributed by atoms with Gasteiger partial charge in [0.05, 0.1) is 12.3 Å². The lowest BCUT2D eigenvalue weighted by Crippen LogP contribution is -2.56.